The summed E-state index contributed by atoms with van der Waals surface area (Å²) in [6, 6.07) is 12.1. The molecular weight excluding hydrogens is 434 g/mol. The number of esters is 1. The third-order valence-corrected chi connectivity index (χ3v) is 5.21. The van der Waals surface area contributed by atoms with E-state index in [1.165, 1.54) is 37.4 Å². The number of anilines is 2. The molecule has 1 atom stereocenters. The molecule has 1 aliphatic rings. The van der Waals surface area contributed by atoms with E-state index in [1.54, 1.807) is 24.3 Å². The van der Waals surface area contributed by atoms with Crippen LogP contribution in [0.15, 0.2) is 54.7 Å². The molecule has 8 nitrogen and oxygen atoms in total. The molecule has 0 radical (unpaired) electrons. The first-order valence-corrected chi connectivity index (χ1v) is 9.90. The summed E-state index contributed by atoms with van der Waals surface area (Å²) in [6.45, 7) is 1.38. The first kappa shape index (κ1) is 21.2. The minimum absolute atomic E-state index is 0.0504. The van der Waals surface area contributed by atoms with E-state index >= 15 is 0 Å². The summed E-state index contributed by atoms with van der Waals surface area (Å²) in [7, 11) is 0. The number of carbonyl (C=O) groups is 4. The van der Waals surface area contributed by atoms with Crippen molar-refractivity contribution in [3.05, 3.63) is 87.6 Å². The maximum Gasteiger partial charge on any atom is 0.341 e. The normalized spacial score (nSPS) is 13.1. The minimum Gasteiger partial charge on any atom is -0.449 e. The fourth-order valence-electron chi connectivity index (χ4n) is 3.35. The van der Waals surface area contributed by atoms with Gasteiger partial charge in [-0.15, -0.1) is 0 Å². The SMILES string of the molecule is C[C@@H](OC(=O)c1ccc2c(c1N)C(=O)c1ccccc1C2=O)C(=O)Nc1ccc(Cl)cn1. The van der Waals surface area contributed by atoms with Gasteiger partial charge in [-0.25, -0.2) is 9.78 Å². The number of rotatable bonds is 4. The number of halogens is 1. The van der Waals surface area contributed by atoms with Crippen LogP contribution in [0.2, 0.25) is 5.02 Å². The molecule has 160 valence electrons. The molecule has 3 aromatic rings. The molecule has 0 spiro atoms. The molecule has 0 saturated heterocycles. The van der Waals surface area contributed by atoms with Gasteiger partial charge in [0.2, 0.25) is 0 Å². The number of ether oxygens (including phenoxy) is 1. The predicted molar refractivity (Wildman–Crippen MR) is 117 cm³/mol. The monoisotopic (exact) mass is 449 g/mol. The lowest BCUT2D eigenvalue weighted by molar-refractivity contribution is -0.123. The van der Waals surface area contributed by atoms with Gasteiger partial charge in [0.1, 0.15) is 5.82 Å². The van der Waals surface area contributed by atoms with E-state index < -0.39 is 23.8 Å². The molecule has 1 heterocycles. The van der Waals surface area contributed by atoms with Gasteiger partial charge in [0, 0.05) is 22.9 Å². The quantitative estimate of drug-likeness (QED) is 0.361. The summed E-state index contributed by atoms with van der Waals surface area (Å²) in [4.78, 5) is 54.6. The van der Waals surface area contributed by atoms with Crippen molar-refractivity contribution >= 4 is 46.5 Å². The number of pyridine rings is 1. The number of hydrogen-bond acceptors (Lipinski definition) is 7. The molecule has 4 rings (SSSR count). The van der Waals surface area contributed by atoms with Crippen molar-refractivity contribution in [1.29, 1.82) is 0 Å². The molecule has 32 heavy (non-hydrogen) atoms. The van der Waals surface area contributed by atoms with Gasteiger partial charge in [0.25, 0.3) is 5.91 Å². The van der Waals surface area contributed by atoms with Crippen LogP contribution < -0.4 is 11.1 Å². The van der Waals surface area contributed by atoms with Crippen LogP contribution >= 0.6 is 11.6 Å². The van der Waals surface area contributed by atoms with Gasteiger partial charge < -0.3 is 15.8 Å². The van der Waals surface area contributed by atoms with Gasteiger partial charge in [-0.3, -0.25) is 14.4 Å². The van der Waals surface area contributed by atoms with E-state index in [-0.39, 0.29) is 45.1 Å². The van der Waals surface area contributed by atoms with E-state index in [0.717, 1.165) is 0 Å². The zero-order valence-corrected chi connectivity index (χ0v) is 17.5. The highest BCUT2D eigenvalue weighted by Gasteiger charge is 2.33. The topological polar surface area (TPSA) is 128 Å². The van der Waals surface area contributed by atoms with Gasteiger partial charge in [0.15, 0.2) is 17.7 Å². The number of fused-ring (bicyclic) bond motifs is 2. The number of aromatic nitrogens is 1. The fraction of sp³-hybridized carbons (Fsp3) is 0.0870. The van der Waals surface area contributed by atoms with Crippen LogP contribution in [0.1, 0.15) is 49.1 Å². The Morgan fingerprint density at radius 1 is 1.00 bits per heavy atom. The number of benzene rings is 2. The number of hydrogen-bond donors (Lipinski definition) is 2. The highest BCUT2D eigenvalue weighted by atomic mass is 35.5. The fourth-order valence-corrected chi connectivity index (χ4v) is 3.46. The maximum atomic E-state index is 12.9. The van der Waals surface area contributed by atoms with Gasteiger partial charge in [0.05, 0.1) is 21.8 Å². The first-order chi connectivity index (χ1) is 15.3. The largest absolute Gasteiger partial charge is 0.449 e. The molecule has 0 saturated carbocycles. The molecule has 1 aromatic heterocycles. The van der Waals surface area contributed by atoms with Gasteiger partial charge >= 0.3 is 5.97 Å². The lowest BCUT2D eigenvalue weighted by Crippen LogP contribution is -2.31. The van der Waals surface area contributed by atoms with Gasteiger partial charge in [-0.1, -0.05) is 35.9 Å². The van der Waals surface area contributed by atoms with Crippen molar-refractivity contribution in [3.8, 4) is 0 Å². The second-order valence-corrected chi connectivity index (χ2v) is 7.49. The van der Waals surface area contributed by atoms with Crippen LogP contribution in [-0.2, 0) is 9.53 Å². The molecule has 0 fully saturated rings. The van der Waals surface area contributed by atoms with E-state index in [4.69, 9.17) is 22.1 Å². The molecule has 1 aliphatic carbocycles. The molecular formula is C23H16ClN3O5. The summed E-state index contributed by atoms with van der Waals surface area (Å²) in [5.74, 6) is -2.11. The highest BCUT2D eigenvalue weighted by Crippen LogP contribution is 2.33. The Bertz CT molecular complexity index is 1290. The summed E-state index contributed by atoms with van der Waals surface area (Å²) in [6.07, 6.45) is 0.173. The second kappa shape index (κ2) is 8.24. The van der Waals surface area contributed by atoms with Crippen molar-refractivity contribution in [1.82, 2.24) is 4.98 Å². The zero-order valence-electron chi connectivity index (χ0n) is 16.7. The molecule has 1 amide bonds. The summed E-state index contributed by atoms with van der Waals surface area (Å²) >= 11 is 5.76. The third-order valence-electron chi connectivity index (χ3n) is 4.99. The van der Waals surface area contributed by atoms with Crippen molar-refractivity contribution in [2.24, 2.45) is 0 Å². The van der Waals surface area contributed by atoms with Crippen molar-refractivity contribution < 1.29 is 23.9 Å². The molecule has 3 N–H and O–H groups in total. The Balaban J connectivity index is 1.56. The van der Waals surface area contributed by atoms with E-state index in [1.807, 2.05) is 0 Å². The van der Waals surface area contributed by atoms with Crippen molar-refractivity contribution in [2.45, 2.75) is 13.0 Å². The standard InChI is InChI=1S/C23H16ClN3O5/c1-11(22(30)27-17-9-6-12(24)10-26-17)32-23(31)16-8-7-15-18(19(16)25)21(29)14-5-3-2-4-13(14)20(15)28/h2-11H,25H2,1H3,(H,26,27,30)/t11-/m1/s1. The Labute approximate surface area is 187 Å². The van der Waals surface area contributed by atoms with E-state index in [9.17, 15) is 19.2 Å². The molecule has 9 heteroatoms. The minimum atomic E-state index is -1.19. The van der Waals surface area contributed by atoms with Crippen LogP contribution in [0.3, 0.4) is 0 Å². The number of nitrogen functional groups attached to an aromatic ring is 1. The van der Waals surface area contributed by atoms with Crippen molar-refractivity contribution in [3.63, 3.8) is 0 Å². The number of carbonyl (C=O) groups excluding carboxylic acids is 4. The average molecular weight is 450 g/mol. The summed E-state index contributed by atoms with van der Waals surface area (Å²) < 4.78 is 5.22. The summed E-state index contributed by atoms with van der Waals surface area (Å²) in [5, 5.41) is 2.90. The van der Waals surface area contributed by atoms with Crippen LogP contribution in [0, 0.1) is 0 Å². The molecule has 0 unspecified atom stereocenters. The molecule has 0 bridgehead atoms. The highest BCUT2D eigenvalue weighted by molar-refractivity contribution is 6.31. The second-order valence-electron chi connectivity index (χ2n) is 7.05. The first-order valence-electron chi connectivity index (χ1n) is 9.52. The molecule has 2 aromatic carbocycles. The number of nitrogens with one attached hydrogen (secondary N) is 1. The van der Waals surface area contributed by atoms with Crippen LogP contribution in [-0.4, -0.2) is 34.5 Å². The average Bonchev–Trinajstić information content (AvgIpc) is 2.78. The van der Waals surface area contributed by atoms with Crippen LogP contribution in [0.25, 0.3) is 0 Å². The Hall–Kier alpha value is -4.04. The van der Waals surface area contributed by atoms with E-state index in [0.29, 0.717) is 5.02 Å². The smallest absolute Gasteiger partial charge is 0.341 e. The number of nitrogens with zero attached hydrogens (tertiary/aromatic N) is 1. The lowest BCUT2D eigenvalue weighted by atomic mass is 9.82. The summed E-state index contributed by atoms with van der Waals surface area (Å²) in [5.41, 5.74) is 6.37. The Kier molecular flexibility index (Phi) is 5.46. The molecule has 0 aliphatic heterocycles. The van der Waals surface area contributed by atoms with Gasteiger partial charge in [-0.05, 0) is 31.2 Å². The maximum absolute atomic E-state index is 12.9. The number of ketones is 2. The van der Waals surface area contributed by atoms with Gasteiger partial charge in [-0.2, -0.15) is 0 Å². The number of nitrogens with two attached hydrogens (primary N) is 1. The lowest BCUT2D eigenvalue weighted by Gasteiger charge is -2.20. The third kappa shape index (κ3) is 3.72. The zero-order chi connectivity index (χ0) is 23.0. The Morgan fingerprint density at radius 2 is 1.69 bits per heavy atom. The number of amides is 1. The van der Waals surface area contributed by atoms with Crippen LogP contribution in [0.5, 0.6) is 0 Å². The van der Waals surface area contributed by atoms with E-state index in [2.05, 4.69) is 10.3 Å². The predicted octanol–water partition coefficient (Wildman–Crippen LogP) is 3.28. The Morgan fingerprint density at radius 3 is 2.34 bits per heavy atom. The van der Waals surface area contributed by atoms with Crippen LogP contribution in [0.4, 0.5) is 11.5 Å². The van der Waals surface area contributed by atoms with Crippen molar-refractivity contribution in [2.75, 3.05) is 11.1 Å².